The maximum atomic E-state index is 10.6. The first kappa shape index (κ1) is 15.3. The van der Waals surface area contributed by atoms with Crippen molar-refractivity contribution in [2.24, 2.45) is 5.92 Å². The Bertz CT molecular complexity index is 424. The third-order valence-electron chi connectivity index (χ3n) is 3.55. The third kappa shape index (κ3) is 4.74. The fraction of sp³-hybridized carbons (Fsp3) is 0.615. The van der Waals surface area contributed by atoms with Crippen molar-refractivity contribution in [1.82, 2.24) is 4.90 Å². The number of rotatable bonds is 5. The molecule has 1 aliphatic rings. The molecule has 0 aliphatic carbocycles. The SMILES string of the molecule is O=C(O)CCC1CCN(Cc2cc(Br)c(Cl)s2)CC1. The highest BCUT2D eigenvalue weighted by molar-refractivity contribution is 9.10. The molecule has 0 unspecified atom stereocenters. The van der Waals surface area contributed by atoms with Crippen LogP contribution in [-0.2, 0) is 11.3 Å². The summed E-state index contributed by atoms with van der Waals surface area (Å²) in [6.07, 6.45) is 3.33. The van der Waals surface area contributed by atoms with Crippen LogP contribution in [0.25, 0.3) is 0 Å². The number of carboxylic acid groups (broad SMARTS) is 1. The zero-order valence-electron chi connectivity index (χ0n) is 10.6. The molecule has 1 aromatic heterocycles. The van der Waals surface area contributed by atoms with Crippen molar-refractivity contribution in [1.29, 1.82) is 0 Å². The Morgan fingerprint density at radius 3 is 2.74 bits per heavy atom. The summed E-state index contributed by atoms with van der Waals surface area (Å²) in [6, 6.07) is 2.09. The minimum atomic E-state index is -0.680. The van der Waals surface area contributed by atoms with E-state index in [1.54, 1.807) is 11.3 Å². The first-order chi connectivity index (χ1) is 9.04. The van der Waals surface area contributed by atoms with Gasteiger partial charge in [-0.25, -0.2) is 0 Å². The van der Waals surface area contributed by atoms with Crippen LogP contribution in [0.2, 0.25) is 4.34 Å². The molecule has 1 N–H and O–H groups in total. The zero-order chi connectivity index (χ0) is 13.8. The molecule has 19 heavy (non-hydrogen) atoms. The zero-order valence-corrected chi connectivity index (χ0v) is 13.7. The minimum absolute atomic E-state index is 0.304. The van der Waals surface area contributed by atoms with Gasteiger partial charge in [-0.2, -0.15) is 0 Å². The number of piperidine rings is 1. The second-order valence-electron chi connectivity index (χ2n) is 4.99. The molecule has 2 rings (SSSR count). The van der Waals surface area contributed by atoms with Gasteiger partial charge in [0, 0.05) is 22.3 Å². The summed E-state index contributed by atoms with van der Waals surface area (Å²) in [5.41, 5.74) is 0. The van der Waals surface area contributed by atoms with Gasteiger partial charge in [0.2, 0.25) is 0 Å². The van der Waals surface area contributed by atoms with Crippen molar-refractivity contribution >= 4 is 44.8 Å². The van der Waals surface area contributed by atoms with Crippen LogP contribution in [0, 0.1) is 5.92 Å². The molecule has 0 atom stereocenters. The minimum Gasteiger partial charge on any atom is -0.481 e. The van der Waals surface area contributed by atoms with Crippen molar-refractivity contribution in [2.75, 3.05) is 13.1 Å². The quantitative estimate of drug-likeness (QED) is 0.847. The second kappa shape index (κ2) is 7.07. The third-order valence-corrected chi connectivity index (χ3v) is 6.01. The topological polar surface area (TPSA) is 40.5 Å². The van der Waals surface area contributed by atoms with E-state index in [9.17, 15) is 4.79 Å². The van der Waals surface area contributed by atoms with Crippen LogP contribution in [0.1, 0.15) is 30.6 Å². The van der Waals surface area contributed by atoms with Crippen LogP contribution >= 0.6 is 38.9 Å². The van der Waals surface area contributed by atoms with Crippen LogP contribution in [-0.4, -0.2) is 29.1 Å². The van der Waals surface area contributed by atoms with Gasteiger partial charge in [-0.3, -0.25) is 9.69 Å². The molecular formula is C13H17BrClNO2S. The number of carboxylic acids is 1. The maximum absolute atomic E-state index is 10.6. The lowest BCUT2D eigenvalue weighted by Crippen LogP contribution is -2.33. The Kier molecular flexibility index (Phi) is 5.69. The van der Waals surface area contributed by atoms with E-state index in [4.69, 9.17) is 16.7 Å². The number of likely N-dealkylation sites (tertiary alicyclic amines) is 1. The lowest BCUT2D eigenvalue weighted by molar-refractivity contribution is -0.137. The summed E-state index contributed by atoms with van der Waals surface area (Å²) in [5, 5.41) is 8.69. The van der Waals surface area contributed by atoms with E-state index in [0.29, 0.717) is 12.3 Å². The van der Waals surface area contributed by atoms with E-state index in [1.807, 2.05) is 0 Å². The first-order valence-electron chi connectivity index (χ1n) is 6.42. The fourth-order valence-electron chi connectivity index (χ4n) is 2.45. The molecule has 1 aliphatic heterocycles. The number of aliphatic carboxylic acids is 1. The fourth-order valence-corrected chi connectivity index (χ4v) is 4.28. The van der Waals surface area contributed by atoms with E-state index < -0.39 is 5.97 Å². The Labute approximate surface area is 130 Å². The van der Waals surface area contributed by atoms with Gasteiger partial charge >= 0.3 is 5.97 Å². The van der Waals surface area contributed by atoms with E-state index in [1.165, 1.54) is 4.88 Å². The van der Waals surface area contributed by atoms with Crippen molar-refractivity contribution in [3.05, 3.63) is 19.8 Å². The maximum Gasteiger partial charge on any atom is 0.303 e. The highest BCUT2D eigenvalue weighted by Gasteiger charge is 2.20. The van der Waals surface area contributed by atoms with E-state index >= 15 is 0 Å². The lowest BCUT2D eigenvalue weighted by Gasteiger charge is -2.31. The molecule has 1 fully saturated rings. The molecule has 0 bridgehead atoms. The Hall–Kier alpha value is -0.100. The van der Waals surface area contributed by atoms with Gasteiger partial charge in [0.15, 0.2) is 0 Å². The summed E-state index contributed by atoms with van der Waals surface area (Å²) in [7, 11) is 0. The largest absolute Gasteiger partial charge is 0.481 e. The number of carbonyl (C=O) groups is 1. The van der Waals surface area contributed by atoms with Crippen LogP contribution in [0.4, 0.5) is 0 Å². The molecule has 0 spiro atoms. The van der Waals surface area contributed by atoms with Gasteiger partial charge in [-0.05, 0) is 60.3 Å². The van der Waals surface area contributed by atoms with Gasteiger partial charge < -0.3 is 5.11 Å². The standard InChI is InChI=1S/C13H17BrClNO2S/c14-11-7-10(19-13(11)15)8-16-5-3-9(4-6-16)1-2-12(17)18/h7,9H,1-6,8H2,(H,17,18). The normalized spacial score (nSPS) is 17.8. The van der Waals surface area contributed by atoms with Crippen LogP contribution in [0.5, 0.6) is 0 Å². The van der Waals surface area contributed by atoms with E-state index in [-0.39, 0.29) is 0 Å². The first-order valence-corrected chi connectivity index (χ1v) is 8.41. The predicted octanol–water partition coefficient (Wildman–Crippen LogP) is 4.24. The van der Waals surface area contributed by atoms with Crippen molar-refractivity contribution in [3.8, 4) is 0 Å². The molecule has 2 heterocycles. The highest BCUT2D eigenvalue weighted by Crippen LogP contribution is 2.33. The number of hydrogen-bond donors (Lipinski definition) is 1. The van der Waals surface area contributed by atoms with Crippen LogP contribution < -0.4 is 0 Å². The van der Waals surface area contributed by atoms with Crippen molar-refractivity contribution in [3.63, 3.8) is 0 Å². The van der Waals surface area contributed by atoms with Gasteiger partial charge in [0.05, 0.1) is 0 Å². The number of hydrogen-bond acceptors (Lipinski definition) is 3. The Morgan fingerprint density at radius 2 is 2.21 bits per heavy atom. The molecule has 106 valence electrons. The molecule has 1 aromatic rings. The Morgan fingerprint density at radius 1 is 1.53 bits per heavy atom. The highest BCUT2D eigenvalue weighted by atomic mass is 79.9. The molecule has 0 radical (unpaired) electrons. The summed E-state index contributed by atoms with van der Waals surface area (Å²) in [5.74, 6) is -0.105. The molecule has 0 amide bonds. The Balaban J connectivity index is 1.75. The molecular weight excluding hydrogens is 350 g/mol. The summed E-state index contributed by atoms with van der Waals surface area (Å²) in [4.78, 5) is 14.3. The number of nitrogens with zero attached hydrogens (tertiary/aromatic N) is 1. The molecule has 1 saturated heterocycles. The van der Waals surface area contributed by atoms with Crippen molar-refractivity contribution < 1.29 is 9.90 Å². The van der Waals surface area contributed by atoms with Crippen LogP contribution in [0.15, 0.2) is 10.5 Å². The average molecular weight is 367 g/mol. The van der Waals surface area contributed by atoms with E-state index in [0.717, 1.165) is 47.7 Å². The number of thiophene rings is 1. The molecule has 0 saturated carbocycles. The summed E-state index contributed by atoms with van der Waals surface area (Å²) in [6.45, 7) is 3.05. The second-order valence-corrected chi connectivity index (χ2v) is 7.58. The molecule has 3 nitrogen and oxygen atoms in total. The molecule has 0 aromatic carbocycles. The molecule has 6 heteroatoms. The predicted molar refractivity (Wildman–Crippen MR) is 81.9 cm³/mol. The van der Waals surface area contributed by atoms with Gasteiger partial charge in [0.1, 0.15) is 4.34 Å². The summed E-state index contributed by atoms with van der Waals surface area (Å²) < 4.78 is 1.79. The number of halogens is 2. The smallest absolute Gasteiger partial charge is 0.303 e. The lowest BCUT2D eigenvalue weighted by atomic mass is 9.92. The van der Waals surface area contributed by atoms with Gasteiger partial charge in [-0.15, -0.1) is 11.3 Å². The van der Waals surface area contributed by atoms with Crippen molar-refractivity contribution in [2.45, 2.75) is 32.2 Å². The summed E-state index contributed by atoms with van der Waals surface area (Å²) >= 11 is 11.1. The van der Waals surface area contributed by atoms with Crippen LogP contribution in [0.3, 0.4) is 0 Å². The van der Waals surface area contributed by atoms with E-state index in [2.05, 4.69) is 26.9 Å². The van der Waals surface area contributed by atoms with Gasteiger partial charge in [-0.1, -0.05) is 11.6 Å². The van der Waals surface area contributed by atoms with Gasteiger partial charge in [0.25, 0.3) is 0 Å². The average Bonchev–Trinajstić information content (AvgIpc) is 2.67. The monoisotopic (exact) mass is 365 g/mol.